The minimum Gasteiger partial charge on any atom is -0.326 e. The predicted octanol–water partition coefficient (Wildman–Crippen LogP) is 2.63. The van der Waals surface area contributed by atoms with Gasteiger partial charge in [0, 0.05) is 18.2 Å². The van der Waals surface area contributed by atoms with E-state index in [0.29, 0.717) is 12.2 Å². The van der Waals surface area contributed by atoms with Gasteiger partial charge in [-0.1, -0.05) is 25.1 Å². The Morgan fingerprint density at radius 2 is 2.17 bits per heavy atom. The summed E-state index contributed by atoms with van der Waals surface area (Å²) in [7, 11) is 0. The molecule has 0 saturated carbocycles. The molecule has 3 nitrogen and oxygen atoms in total. The maximum atomic E-state index is 14.0. The van der Waals surface area contributed by atoms with Crippen LogP contribution in [0.2, 0.25) is 0 Å². The summed E-state index contributed by atoms with van der Waals surface area (Å²) in [6.45, 7) is 3.52. The SMILES string of the molecule is CCC(N)C(c1ccccc1F)N1CCCCO1. The Bertz CT molecular complexity index is 380. The number of hydrogen-bond acceptors (Lipinski definition) is 3. The summed E-state index contributed by atoms with van der Waals surface area (Å²) in [5.74, 6) is -0.208. The molecule has 2 unspecified atom stereocenters. The maximum Gasteiger partial charge on any atom is 0.128 e. The van der Waals surface area contributed by atoms with Gasteiger partial charge in [0.05, 0.1) is 12.6 Å². The number of halogens is 1. The van der Waals surface area contributed by atoms with Crippen LogP contribution >= 0.6 is 0 Å². The van der Waals surface area contributed by atoms with Crippen molar-refractivity contribution >= 4 is 0 Å². The van der Waals surface area contributed by atoms with Gasteiger partial charge < -0.3 is 5.73 Å². The standard InChI is InChI=1S/C14H21FN2O/c1-2-13(16)14(17-9-5-6-10-18-17)11-7-3-4-8-12(11)15/h3-4,7-8,13-14H,2,5-6,9-10,16H2,1H3. The lowest BCUT2D eigenvalue weighted by atomic mass is 9.96. The molecule has 0 radical (unpaired) electrons. The molecule has 0 aromatic heterocycles. The third-order valence-electron chi connectivity index (χ3n) is 3.44. The second-order valence-corrected chi connectivity index (χ2v) is 4.72. The third kappa shape index (κ3) is 2.88. The van der Waals surface area contributed by atoms with Crippen LogP contribution in [0.15, 0.2) is 24.3 Å². The number of nitrogens with two attached hydrogens (primary N) is 1. The molecule has 1 aromatic rings. The number of hydrogen-bond donors (Lipinski definition) is 1. The van der Waals surface area contributed by atoms with Crippen molar-refractivity contribution < 1.29 is 9.23 Å². The fourth-order valence-corrected chi connectivity index (χ4v) is 2.37. The number of rotatable bonds is 4. The molecule has 1 fully saturated rings. The van der Waals surface area contributed by atoms with Crippen molar-refractivity contribution in [3.63, 3.8) is 0 Å². The van der Waals surface area contributed by atoms with Gasteiger partial charge in [0.15, 0.2) is 0 Å². The summed E-state index contributed by atoms with van der Waals surface area (Å²) in [5, 5.41) is 1.86. The van der Waals surface area contributed by atoms with E-state index in [1.807, 2.05) is 18.1 Å². The van der Waals surface area contributed by atoms with E-state index < -0.39 is 0 Å². The van der Waals surface area contributed by atoms with Crippen LogP contribution in [0.3, 0.4) is 0 Å². The molecule has 1 aromatic carbocycles. The normalized spacial score (nSPS) is 20.6. The Labute approximate surface area is 108 Å². The van der Waals surface area contributed by atoms with Gasteiger partial charge in [-0.15, -0.1) is 0 Å². The molecule has 1 heterocycles. The fourth-order valence-electron chi connectivity index (χ4n) is 2.37. The van der Waals surface area contributed by atoms with E-state index in [4.69, 9.17) is 10.6 Å². The average Bonchev–Trinajstić information content (AvgIpc) is 2.42. The van der Waals surface area contributed by atoms with Gasteiger partial charge >= 0.3 is 0 Å². The monoisotopic (exact) mass is 252 g/mol. The first-order valence-corrected chi connectivity index (χ1v) is 6.63. The van der Waals surface area contributed by atoms with Gasteiger partial charge in [-0.3, -0.25) is 4.84 Å². The first-order valence-electron chi connectivity index (χ1n) is 6.63. The lowest BCUT2D eigenvalue weighted by molar-refractivity contribution is -0.213. The summed E-state index contributed by atoms with van der Waals surface area (Å²) >= 11 is 0. The smallest absolute Gasteiger partial charge is 0.128 e. The zero-order chi connectivity index (χ0) is 13.0. The lowest BCUT2D eigenvalue weighted by Gasteiger charge is -2.37. The molecule has 18 heavy (non-hydrogen) atoms. The van der Waals surface area contributed by atoms with E-state index >= 15 is 0 Å². The largest absolute Gasteiger partial charge is 0.326 e. The first-order chi connectivity index (χ1) is 8.74. The summed E-state index contributed by atoms with van der Waals surface area (Å²) in [6.07, 6.45) is 2.92. The molecule has 1 aliphatic rings. The highest BCUT2D eigenvalue weighted by Gasteiger charge is 2.29. The first kappa shape index (κ1) is 13.5. The zero-order valence-corrected chi connectivity index (χ0v) is 10.8. The molecule has 1 aliphatic heterocycles. The average molecular weight is 252 g/mol. The zero-order valence-electron chi connectivity index (χ0n) is 10.8. The van der Waals surface area contributed by atoms with E-state index in [2.05, 4.69) is 0 Å². The van der Waals surface area contributed by atoms with Crippen LogP contribution in [-0.4, -0.2) is 24.3 Å². The van der Waals surface area contributed by atoms with E-state index in [1.165, 1.54) is 6.07 Å². The highest BCUT2D eigenvalue weighted by molar-refractivity contribution is 5.22. The van der Waals surface area contributed by atoms with Gasteiger partial charge in [-0.25, -0.2) is 4.39 Å². The molecule has 100 valence electrons. The molecule has 2 rings (SSSR count). The molecule has 0 spiro atoms. The predicted molar refractivity (Wildman–Crippen MR) is 69.3 cm³/mol. The quantitative estimate of drug-likeness (QED) is 0.895. The highest BCUT2D eigenvalue weighted by atomic mass is 19.1. The summed E-state index contributed by atoms with van der Waals surface area (Å²) < 4.78 is 14.0. The van der Waals surface area contributed by atoms with Crippen molar-refractivity contribution in [1.82, 2.24) is 5.06 Å². The Morgan fingerprint density at radius 3 is 2.78 bits per heavy atom. The number of benzene rings is 1. The van der Waals surface area contributed by atoms with Crippen LogP contribution in [0.1, 0.15) is 37.8 Å². The van der Waals surface area contributed by atoms with Crippen LogP contribution in [-0.2, 0) is 4.84 Å². The molecule has 0 amide bonds. The lowest BCUT2D eigenvalue weighted by Crippen LogP contribution is -2.43. The van der Waals surface area contributed by atoms with E-state index in [1.54, 1.807) is 12.1 Å². The van der Waals surface area contributed by atoms with Crippen molar-refractivity contribution in [2.24, 2.45) is 5.73 Å². The Morgan fingerprint density at radius 1 is 1.39 bits per heavy atom. The second kappa shape index (κ2) is 6.27. The fraction of sp³-hybridized carbons (Fsp3) is 0.571. The van der Waals surface area contributed by atoms with Crippen LogP contribution in [0.25, 0.3) is 0 Å². The Balaban J connectivity index is 2.27. The van der Waals surface area contributed by atoms with Gasteiger partial charge in [0.25, 0.3) is 0 Å². The van der Waals surface area contributed by atoms with Crippen LogP contribution in [0.4, 0.5) is 4.39 Å². The van der Waals surface area contributed by atoms with Crippen molar-refractivity contribution in [1.29, 1.82) is 0 Å². The summed E-state index contributed by atoms with van der Waals surface area (Å²) in [4.78, 5) is 5.66. The van der Waals surface area contributed by atoms with Crippen molar-refractivity contribution in [3.8, 4) is 0 Å². The minimum atomic E-state index is -0.208. The molecular formula is C14H21FN2O. The minimum absolute atomic E-state index is 0.125. The molecule has 1 saturated heterocycles. The van der Waals surface area contributed by atoms with E-state index in [0.717, 1.165) is 25.8 Å². The molecule has 0 bridgehead atoms. The van der Waals surface area contributed by atoms with Gasteiger partial charge in [-0.2, -0.15) is 5.06 Å². The summed E-state index contributed by atoms with van der Waals surface area (Å²) in [6, 6.07) is 6.50. The van der Waals surface area contributed by atoms with Crippen LogP contribution in [0, 0.1) is 5.82 Å². The topological polar surface area (TPSA) is 38.5 Å². The maximum absolute atomic E-state index is 14.0. The van der Waals surface area contributed by atoms with Gasteiger partial charge in [-0.05, 0) is 25.3 Å². The van der Waals surface area contributed by atoms with Crippen LogP contribution < -0.4 is 5.73 Å². The van der Waals surface area contributed by atoms with Crippen molar-refractivity contribution in [3.05, 3.63) is 35.6 Å². The summed E-state index contributed by atoms with van der Waals surface area (Å²) in [5.41, 5.74) is 6.79. The third-order valence-corrected chi connectivity index (χ3v) is 3.44. The van der Waals surface area contributed by atoms with Crippen molar-refractivity contribution in [2.45, 2.75) is 38.3 Å². The van der Waals surface area contributed by atoms with Gasteiger partial charge in [0.1, 0.15) is 5.82 Å². The van der Waals surface area contributed by atoms with E-state index in [-0.39, 0.29) is 17.9 Å². The highest BCUT2D eigenvalue weighted by Crippen LogP contribution is 2.29. The molecule has 0 aliphatic carbocycles. The Kier molecular flexibility index (Phi) is 4.69. The molecule has 4 heteroatoms. The molecular weight excluding hydrogens is 231 g/mol. The van der Waals surface area contributed by atoms with Crippen LogP contribution in [0.5, 0.6) is 0 Å². The number of hydroxylamine groups is 2. The second-order valence-electron chi connectivity index (χ2n) is 4.72. The molecule has 2 atom stereocenters. The van der Waals surface area contributed by atoms with Crippen molar-refractivity contribution in [2.75, 3.05) is 13.2 Å². The molecule has 2 N–H and O–H groups in total. The number of nitrogens with zero attached hydrogens (tertiary/aromatic N) is 1. The Hall–Kier alpha value is -0.970. The van der Waals surface area contributed by atoms with Gasteiger partial charge in [0.2, 0.25) is 0 Å². The van der Waals surface area contributed by atoms with E-state index in [9.17, 15) is 4.39 Å².